The number of fused-ring (bicyclic) bond motifs is 2. The van der Waals surface area contributed by atoms with Gasteiger partial charge in [0.05, 0.1) is 5.56 Å². The molecule has 2 heterocycles. The molecular weight excluding hydrogens is 350 g/mol. The summed E-state index contributed by atoms with van der Waals surface area (Å²) in [6.07, 6.45) is 1.15. The van der Waals surface area contributed by atoms with Crippen LogP contribution in [0, 0.1) is 6.92 Å². The zero-order valence-corrected chi connectivity index (χ0v) is 15.1. The molecule has 2 aliphatic rings. The fourth-order valence-corrected chi connectivity index (χ4v) is 2.82. The van der Waals surface area contributed by atoms with E-state index in [9.17, 15) is 9.59 Å². The minimum absolute atomic E-state index is 0.184. The lowest BCUT2D eigenvalue weighted by molar-refractivity contribution is 0.101. The molecule has 0 unspecified atom stereocenters. The van der Waals surface area contributed by atoms with E-state index in [0.717, 1.165) is 5.56 Å². The van der Waals surface area contributed by atoms with Crippen molar-refractivity contribution in [2.24, 2.45) is 0 Å². The van der Waals surface area contributed by atoms with Crippen LogP contribution in [0.4, 0.5) is 4.79 Å². The largest absolute Gasteiger partial charge is 0.454 e. The smallest absolute Gasteiger partial charge is 0.414 e. The Morgan fingerprint density at radius 1 is 1.15 bits per heavy atom. The fourth-order valence-electron chi connectivity index (χ4n) is 2.82. The molecular formula is C20H17NO6. The van der Waals surface area contributed by atoms with E-state index in [0.29, 0.717) is 34.1 Å². The van der Waals surface area contributed by atoms with Crippen molar-refractivity contribution in [3.05, 3.63) is 52.8 Å². The predicted molar refractivity (Wildman–Crippen MR) is 96.4 cm³/mol. The summed E-state index contributed by atoms with van der Waals surface area (Å²) in [5.41, 5.74) is 1.78. The highest BCUT2D eigenvalue weighted by molar-refractivity contribution is 6.15. The predicted octanol–water partition coefficient (Wildman–Crippen LogP) is 3.40. The van der Waals surface area contributed by atoms with E-state index in [4.69, 9.17) is 18.9 Å². The van der Waals surface area contributed by atoms with Gasteiger partial charge in [0.1, 0.15) is 11.5 Å². The van der Waals surface area contributed by atoms with Crippen LogP contribution >= 0.6 is 0 Å². The van der Waals surface area contributed by atoms with Crippen molar-refractivity contribution in [2.75, 3.05) is 20.9 Å². The number of carbonyl (C=O) groups excluding carboxylic acids is 2. The van der Waals surface area contributed by atoms with Crippen LogP contribution in [-0.4, -0.2) is 37.7 Å². The number of hydrogen-bond donors (Lipinski definition) is 0. The SMILES string of the molecule is Cc1c(OC(=O)N(C)C)ccc2c1O/C(=C\c1ccc3c(c1)OCO3)C2=O. The molecule has 0 radical (unpaired) electrons. The van der Waals surface area contributed by atoms with Gasteiger partial charge in [-0.25, -0.2) is 4.79 Å². The molecule has 1 amide bonds. The average molecular weight is 367 g/mol. The summed E-state index contributed by atoms with van der Waals surface area (Å²) in [7, 11) is 3.19. The van der Waals surface area contributed by atoms with Crippen molar-refractivity contribution < 1.29 is 28.5 Å². The summed E-state index contributed by atoms with van der Waals surface area (Å²) < 4.78 is 21.7. The first-order valence-corrected chi connectivity index (χ1v) is 8.30. The lowest BCUT2D eigenvalue weighted by Crippen LogP contribution is -2.25. The Kier molecular flexibility index (Phi) is 3.99. The third kappa shape index (κ3) is 2.97. The van der Waals surface area contributed by atoms with Gasteiger partial charge in [0.15, 0.2) is 17.3 Å². The number of ether oxygens (including phenoxy) is 4. The number of carbonyl (C=O) groups is 2. The second-order valence-corrected chi connectivity index (χ2v) is 6.38. The van der Waals surface area contributed by atoms with E-state index in [1.807, 2.05) is 6.07 Å². The molecule has 0 saturated carbocycles. The minimum atomic E-state index is -0.501. The van der Waals surface area contributed by atoms with Crippen molar-refractivity contribution in [3.8, 4) is 23.0 Å². The van der Waals surface area contributed by atoms with Gasteiger partial charge in [-0.05, 0) is 42.8 Å². The maximum Gasteiger partial charge on any atom is 0.414 e. The number of rotatable bonds is 2. The van der Waals surface area contributed by atoms with E-state index in [-0.39, 0.29) is 18.3 Å². The van der Waals surface area contributed by atoms with E-state index in [1.165, 1.54) is 4.90 Å². The van der Waals surface area contributed by atoms with E-state index in [1.54, 1.807) is 51.4 Å². The minimum Gasteiger partial charge on any atom is -0.454 e. The summed E-state index contributed by atoms with van der Waals surface area (Å²) in [6, 6.07) is 8.58. The number of hydrogen-bond acceptors (Lipinski definition) is 6. The Morgan fingerprint density at radius 2 is 1.93 bits per heavy atom. The molecule has 0 N–H and O–H groups in total. The zero-order valence-electron chi connectivity index (χ0n) is 15.1. The highest BCUT2D eigenvalue weighted by atomic mass is 16.7. The van der Waals surface area contributed by atoms with Crippen LogP contribution < -0.4 is 18.9 Å². The van der Waals surface area contributed by atoms with Crippen LogP contribution in [0.1, 0.15) is 21.5 Å². The van der Waals surface area contributed by atoms with E-state index < -0.39 is 6.09 Å². The monoisotopic (exact) mass is 367 g/mol. The van der Waals surface area contributed by atoms with Gasteiger partial charge in [-0.3, -0.25) is 4.79 Å². The molecule has 7 heteroatoms. The highest BCUT2D eigenvalue weighted by Crippen LogP contribution is 2.40. The summed E-state index contributed by atoms with van der Waals surface area (Å²) in [5, 5.41) is 0. The second-order valence-electron chi connectivity index (χ2n) is 6.38. The molecule has 0 aliphatic carbocycles. The first kappa shape index (κ1) is 17.0. The van der Waals surface area contributed by atoms with Gasteiger partial charge in [0, 0.05) is 19.7 Å². The van der Waals surface area contributed by atoms with Gasteiger partial charge < -0.3 is 23.8 Å². The lowest BCUT2D eigenvalue weighted by atomic mass is 10.1. The van der Waals surface area contributed by atoms with Crippen molar-refractivity contribution >= 4 is 18.0 Å². The van der Waals surface area contributed by atoms with Crippen molar-refractivity contribution in [1.82, 2.24) is 4.90 Å². The van der Waals surface area contributed by atoms with Gasteiger partial charge in [0.2, 0.25) is 12.6 Å². The van der Waals surface area contributed by atoms with Crippen LogP contribution in [0.2, 0.25) is 0 Å². The quantitative estimate of drug-likeness (QED) is 0.758. The first-order valence-electron chi connectivity index (χ1n) is 8.30. The summed E-state index contributed by atoms with van der Waals surface area (Å²) >= 11 is 0. The molecule has 0 spiro atoms. The van der Waals surface area contributed by atoms with Crippen LogP contribution in [0.5, 0.6) is 23.0 Å². The average Bonchev–Trinajstić information content (AvgIpc) is 3.22. The normalized spacial score (nSPS) is 15.5. The Balaban J connectivity index is 1.64. The third-order valence-electron chi connectivity index (χ3n) is 4.29. The Labute approximate surface area is 155 Å². The number of benzene rings is 2. The highest BCUT2D eigenvalue weighted by Gasteiger charge is 2.30. The first-order chi connectivity index (χ1) is 12.9. The van der Waals surface area contributed by atoms with Gasteiger partial charge in [-0.2, -0.15) is 0 Å². The van der Waals surface area contributed by atoms with Crippen molar-refractivity contribution in [1.29, 1.82) is 0 Å². The number of amides is 1. The molecule has 0 atom stereocenters. The molecule has 4 rings (SSSR count). The number of allylic oxidation sites excluding steroid dienone is 1. The van der Waals surface area contributed by atoms with Gasteiger partial charge >= 0.3 is 6.09 Å². The molecule has 2 aromatic carbocycles. The van der Waals surface area contributed by atoms with Crippen LogP contribution in [-0.2, 0) is 0 Å². The molecule has 2 aliphatic heterocycles. The van der Waals surface area contributed by atoms with Crippen LogP contribution in [0.15, 0.2) is 36.1 Å². The molecule has 0 bridgehead atoms. The van der Waals surface area contributed by atoms with Crippen molar-refractivity contribution in [3.63, 3.8) is 0 Å². The summed E-state index contributed by atoms with van der Waals surface area (Å²) in [6.45, 7) is 1.93. The molecule has 0 saturated heterocycles. The van der Waals surface area contributed by atoms with Crippen molar-refractivity contribution in [2.45, 2.75) is 6.92 Å². The van der Waals surface area contributed by atoms with E-state index >= 15 is 0 Å². The summed E-state index contributed by atoms with van der Waals surface area (Å²) in [5.74, 6) is 2.02. The molecule has 27 heavy (non-hydrogen) atoms. The lowest BCUT2D eigenvalue weighted by Gasteiger charge is -2.13. The molecule has 0 fully saturated rings. The molecule has 0 aromatic heterocycles. The standard InChI is InChI=1S/C20H17NO6/c1-11-14(27-20(23)21(2)3)7-5-13-18(22)17(26-19(11)13)9-12-4-6-15-16(8-12)25-10-24-15/h4-9H,10H2,1-3H3/b17-9-. The second kappa shape index (κ2) is 6.35. The maximum atomic E-state index is 12.7. The number of nitrogens with zero attached hydrogens (tertiary/aromatic N) is 1. The Hall–Kier alpha value is -3.48. The molecule has 138 valence electrons. The Morgan fingerprint density at radius 3 is 2.70 bits per heavy atom. The van der Waals surface area contributed by atoms with E-state index in [2.05, 4.69) is 0 Å². The fraction of sp³-hybridized carbons (Fsp3) is 0.200. The van der Waals surface area contributed by atoms with Crippen LogP contribution in [0.3, 0.4) is 0 Å². The third-order valence-corrected chi connectivity index (χ3v) is 4.29. The van der Waals surface area contributed by atoms with Gasteiger partial charge in [0.25, 0.3) is 0 Å². The van der Waals surface area contributed by atoms with Gasteiger partial charge in [-0.1, -0.05) is 6.07 Å². The molecule has 2 aromatic rings. The summed E-state index contributed by atoms with van der Waals surface area (Å²) in [4.78, 5) is 25.8. The zero-order chi connectivity index (χ0) is 19.1. The number of ketones is 1. The Bertz CT molecular complexity index is 992. The maximum absolute atomic E-state index is 12.7. The molecule has 7 nitrogen and oxygen atoms in total. The number of Topliss-reactive ketones (excluding diaryl/α,β-unsaturated/α-hetero) is 1. The topological polar surface area (TPSA) is 74.3 Å². The van der Waals surface area contributed by atoms with Gasteiger partial charge in [-0.15, -0.1) is 0 Å². The van der Waals surface area contributed by atoms with Crippen LogP contribution in [0.25, 0.3) is 6.08 Å².